The monoisotopic (exact) mass is 287 g/mol. The highest BCUT2D eigenvalue weighted by atomic mass is 16.5. The van der Waals surface area contributed by atoms with Crippen molar-refractivity contribution in [3.63, 3.8) is 0 Å². The van der Waals surface area contributed by atoms with E-state index in [1.165, 1.54) is 0 Å². The molecule has 2 heterocycles. The Morgan fingerprint density at radius 2 is 2.19 bits per heavy atom. The van der Waals surface area contributed by atoms with Gasteiger partial charge in [0, 0.05) is 13.5 Å². The minimum absolute atomic E-state index is 0.0000288. The summed E-state index contributed by atoms with van der Waals surface area (Å²) in [7, 11) is 0. The fraction of sp³-hybridized carbons (Fsp3) is 0.400. The van der Waals surface area contributed by atoms with Gasteiger partial charge in [-0.15, -0.1) is 0 Å². The number of ether oxygens (including phenoxy) is 1. The highest BCUT2D eigenvalue weighted by molar-refractivity contribution is 5.78. The average molecular weight is 287 g/mol. The Bertz CT molecular complexity index is 612. The molecular weight excluding hydrogens is 270 g/mol. The van der Waals surface area contributed by atoms with Crippen LogP contribution in [0.1, 0.15) is 23.4 Å². The van der Waals surface area contributed by atoms with E-state index >= 15 is 0 Å². The van der Waals surface area contributed by atoms with Gasteiger partial charge in [0.2, 0.25) is 11.8 Å². The number of nitrogens with zero attached hydrogens (tertiary/aromatic N) is 3. The summed E-state index contributed by atoms with van der Waals surface area (Å²) < 4.78 is 10.6. The summed E-state index contributed by atoms with van der Waals surface area (Å²) in [4.78, 5) is 18.2. The van der Waals surface area contributed by atoms with Gasteiger partial charge >= 0.3 is 0 Å². The SMILES string of the molecule is Cc1nc(CC(=O)N2CCOC(c3ccccc3)C2)no1. The van der Waals surface area contributed by atoms with Gasteiger partial charge < -0.3 is 14.2 Å². The van der Waals surface area contributed by atoms with E-state index in [1.54, 1.807) is 11.8 Å². The molecule has 0 spiro atoms. The highest BCUT2D eigenvalue weighted by Crippen LogP contribution is 2.22. The van der Waals surface area contributed by atoms with Crippen LogP contribution in [0.3, 0.4) is 0 Å². The number of morpholine rings is 1. The quantitative estimate of drug-likeness (QED) is 0.856. The molecule has 1 aromatic carbocycles. The molecule has 1 unspecified atom stereocenters. The first kappa shape index (κ1) is 13.8. The van der Waals surface area contributed by atoms with Crippen molar-refractivity contribution in [1.82, 2.24) is 15.0 Å². The van der Waals surface area contributed by atoms with Crippen LogP contribution in [0.25, 0.3) is 0 Å². The standard InChI is InChI=1S/C15H17N3O3/c1-11-16-14(17-21-11)9-15(19)18-7-8-20-13(10-18)12-5-3-2-4-6-12/h2-6,13H,7-10H2,1H3. The van der Waals surface area contributed by atoms with E-state index < -0.39 is 0 Å². The van der Waals surface area contributed by atoms with Crippen LogP contribution in [0.2, 0.25) is 0 Å². The van der Waals surface area contributed by atoms with Gasteiger partial charge in [-0.1, -0.05) is 35.5 Å². The number of hydrogen-bond donors (Lipinski definition) is 0. The molecule has 1 amide bonds. The molecule has 3 rings (SSSR count). The fourth-order valence-corrected chi connectivity index (χ4v) is 2.41. The zero-order chi connectivity index (χ0) is 14.7. The van der Waals surface area contributed by atoms with Gasteiger partial charge in [-0.2, -0.15) is 4.98 Å². The molecule has 0 aliphatic carbocycles. The molecular formula is C15H17N3O3. The number of carbonyl (C=O) groups is 1. The number of hydrogen-bond acceptors (Lipinski definition) is 5. The van der Waals surface area contributed by atoms with Crippen molar-refractivity contribution >= 4 is 5.91 Å². The minimum atomic E-state index is -0.0732. The zero-order valence-electron chi connectivity index (χ0n) is 11.9. The third-order valence-corrected chi connectivity index (χ3v) is 3.47. The molecule has 21 heavy (non-hydrogen) atoms. The Morgan fingerprint density at radius 3 is 2.90 bits per heavy atom. The van der Waals surface area contributed by atoms with Crippen molar-refractivity contribution in [1.29, 1.82) is 0 Å². The Kier molecular flexibility index (Phi) is 3.96. The summed E-state index contributed by atoms with van der Waals surface area (Å²) in [6.07, 6.45) is 0.0923. The molecule has 110 valence electrons. The van der Waals surface area contributed by atoms with E-state index in [-0.39, 0.29) is 18.4 Å². The molecule has 1 saturated heterocycles. The topological polar surface area (TPSA) is 68.5 Å². The van der Waals surface area contributed by atoms with Gasteiger partial charge in [-0.25, -0.2) is 0 Å². The summed E-state index contributed by atoms with van der Waals surface area (Å²) in [5, 5.41) is 3.76. The maximum absolute atomic E-state index is 12.3. The van der Waals surface area contributed by atoms with Gasteiger partial charge in [-0.05, 0) is 5.56 Å². The van der Waals surface area contributed by atoms with Crippen molar-refractivity contribution < 1.29 is 14.1 Å². The first-order valence-corrected chi connectivity index (χ1v) is 6.96. The predicted octanol–water partition coefficient (Wildman–Crippen LogP) is 1.52. The first-order chi connectivity index (χ1) is 10.2. The lowest BCUT2D eigenvalue weighted by Gasteiger charge is -2.33. The Hall–Kier alpha value is -2.21. The number of rotatable bonds is 3. The van der Waals surface area contributed by atoms with Crippen LogP contribution in [0, 0.1) is 6.92 Å². The summed E-state index contributed by atoms with van der Waals surface area (Å²) in [5.74, 6) is 0.905. The van der Waals surface area contributed by atoms with Crippen LogP contribution in [0.4, 0.5) is 0 Å². The van der Waals surface area contributed by atoms with Crippen LogP contribution in [0.15, 0.2) is 34.9 Å². The third kappa shape index (κ3) is 3.28. The molecule has 1 fully saturated rings. The minimum Gasteiger partial charge on any atom is -0.370 e. The lowest BCUT2D eigenvalue weighted by atomic mass is 10.1. The second-order valence-corrected chi connectivity index (χ2v) is 5.02. The Morgan fingerprint density at radius 1 is 1.38 bits per heavy atom. The number of aromatic nitrogens is 2. The number of aryl methyl sites for hydroxylation is 1. The van der Waals surface area contributed by atoms with Crippen LogP contribution in [-0.2, 0) is 16.0 Å². The molecule has 6 heteroatoms. The number of benzene rings is 1. The molecule has 0 saturated carbocycles. The molecule has 0 radical (unpaired) electrons. The molecule has 2 aromatic rings. The van der Waals surface area contributed by atoms with Crippen LogP contribution in [-0.4, -0.2) is 40.6 Å². The van der Waals surface area contributed by atoms with Crippen molar-refractivity contribution in [2.24, 2.45) is 0 Å². The average Bonchev–Trinajstić information content (AvgIpc) is 2.93. The normalized spacial score (nSPS) is 18.7. The summed E-state index contributed by atoms with van der Waals surface area (Å²) in [6, 6.07) is 9.94. The van der Waals surface area contributed by atoms with Crippen molar-refractivity contribution in [3.8, 4) is 0 Å². The molecule has 1 aromatic heterocycles. The second-order valence-electron chi connectivity index (χ2n) is 5.02. The lowest BCUT2D eigenvalue weighted by molar-refractivity contribution is -0.138. The van der Waals surface area contributed by atoms with Crippen LogP contribution in [0.5, 0.6) is 0 Å². The van der Waals surface area contributed by atoms with Crippen molar-refractivity contribution in [2.45, 2.75) is 19.4 Å². The van der Waals surface area contributed by atoms with E-state index in [0.29, 0.717) is 31.4 Å². The molecule has 1 aliphatic heterocycles. The predicted molar refractivity (Wildman–Crippen MR) is 74.5 cm³/mol. The van der Waals surface area contributed by atoms with E-state index in [0.717, 1.165) is 5.56 Å². The third-order valence-electron chi connectivity index (χ3n) is 3.47. The number of amides is 1. The van der Waals surface area contributed by atoms with E-state index in [9.17, 15) is 4.79 Å². The molecule has 1 aliphatic rings. The molecule has 0 bridgehead atoms. The Labute approximate surface area is 122 Å². The highest BCUT2D eigenvalue weighted by Gasteiger charge is 2.26. The van der Waals surface area contributed by atoms with Crippen molar-refractivity contribution in [2.75, 3.05) is 19.7 Å². The molecule has 1 atom stereocenters. The largest absolute Gasteiger partial charge is 0.370 e. The molecule has 6 nitrogen and oxygen atoms in total. The maximum Gasteiger partial charge on any atom is 0.230 e. The smallest absolute Gasteiger partial charge is 0.230 e. The number of carbonyl (C=O) groups excluding carboxylic acids is 1. The summed E-state index contributed by atoms with van der Waals surface area (Å²) in [6.45, 7) is 3.40. The van der Waals surface area contributed by atoms with Crippen LogP contribution >= 0.6 is 0 Å². The Balaban J connectivity index is 1.64. The molecule has 0 N–H and O–H groups in total. The zero-order valence-corrected chi connectivity index (χ0v) is 11.9. The summed E-state index contributed by atoms with van der Waals surface area (Å²) in [5.41, 5.74) is 1.09. The van der Waals surface area contributed by atoms with Crippen LogP contribution < -0.4 is 0 Å². The van der Waals surface area contributed by atoms with E-state index in [1.807, 2.05) is 30.3 Å². The fourth-order valence-electron chi connectivity index (χ4n) is 2.41. The lowest BCUT2D eigenvalue weighted by Crippen LogP contribution is -2.43. The van der Waals surface area contributed by atoms with Crippen molar-refractivity contribution in [3.05, 3.63) is 47.6 Å². The van der Waals surface area contributed by atoms with Gasteiger partial charge in [0.15, 0.2) is 5.82 Å². The van der Waals surface area contributed by atoms with Gasteiger partial charge in [0.1, 0.15) is 6.10 Å². The van der Waals surface area contributed by atoms with E-state index in [4.69, 9.17) is 9.26 Å². The first-order valence-electron chi connectivity index (χ1n) is 6.96. The van der Waals surface area contributed by atoms with Gasteiger partial charge in [0.05, 0.1) is 19.6 Å². The van der Waals surface area contributed by atoms with E-state index in [2.05, 4.69) is 10.1 Å². The van der Waals surface area contributed by atoms with Gasteiger partial charge in [0.25, 0.3) is 0 Å². The van der Waals surface area contributed by atoms with Gasteiger partial charge in [-0.3, -0.25) is 4.79 Å². The second kappa shape index (κ2) is 6.05. The summed E-state index contributed by atoms with van der Waals surface area (Å²) >= 11 is 0. The maximum atomic E-state index is 12.3.